The zero-order valence-electron chi connectivity index (χ0n) is 15.6. The van der Waals surface area contributed by atoms with E-state index in [4.69, 9.17) is 4.74 Å². The fourth-order valence-corrected chi connectivity index (χ4v) is 2.62. The molecule has 3 rings (SSSR count). The van der Waals surface area contributed by atoms with Gasteiger partial charge in [-0.2, -0.15) is 0 Å². The lowest BCUT2D eigenvalue weighted by atomic mass is 10.0. The van der Waals surface area contributed by atoms with Crippen molar-refractivity contribution in [3.8, 4) is 5.75 Å². The molecule has 26 heavy (non-hydrogen) atoms. The predicted octanol–water partition coefficient (Wildman–Crippen LogP) is 5.40. The molecule has 0 amide bonds. The molecule has 0 aliphatic heterocycles. The average Bonchev–Trinajstić information content (AvgIpc) is 2.62. The number of hydrogen-bond acceptors (Lipinski definition) is 5. The molecular formula is C21H24N4O. The summed E-state index contributed by atoms with van der Waals surface area (Å²) in [7, 11) is 1.65. The van der Waals surface area contributed by atoms with Gasteiger partial charge >= 0.3 is 0 Å². The highest BCUT2D eigenvalue weighted by molar-refractivity contribution is 5.63. The minimum Gasteiger partial charge on any atom is -0.497 e. The first-order valence-electron chi connectivity index (χ1n) is 8.67. The summed E-state index contributed by atoms with van der Waals surface area (Å²) in [6.07, 6.45) is 0. The van der Waals surface area contributed by atoms with E-state index in [9.17, 15) is 0 Å². The second kappa shape index (κ2) is 7.87. The first kappa shape index (κ1) is 17.7. The van der Waals surface area contributed by atoms with Crippen LogP contribution in [0.4, 0.5) is 23.0 Å². The standard InChI is InChI=1S/C21H24N4O/c1-14(2)16-5-7-17(8-6-16)24-20-13-21(23-15(3)22-20)25-18-9-11-19(26-4)12-10-18/h5-14H,1-4H3,(H2,22,23,24,25). The molecule has 134 valence electrons. The summed E-state index contributed by atoms with van der Waals surface area (Å²) in [6, 6.07) is 18.0. The normalized spacial score (nSPS) is 10.7. The maximum absolute atomic E-state index is 5.18. The molecule has 0 radical (unpaired) electrons. The first-order valence-corrected chi connectivity index (χ1v) is 8.67. The van der Waals surface area contributed by atoms with Crippen molar-refractivity contribution in [3.05, 3.63) is 66.0 Å². The molecule has 1 heterocycles. The molecule has 0 saturated carbocycles. The van der Waals surface area contributed by atoms with Crippen LogP contribution >= 0.6 is 0 Å². The van der Waals surface area contributed by atoms with E-state index < -0.39 is 0 Å². The fraction of sp³-hybridized carbons (Fsp3) is 0.238. The Hall–Kier alpha value is -3.08. The van der Waals surface area contributed by atoms with E-state index in [2.05, 4.69) is 58.7 Å². The molecule has 2 aromatic carbocycles. The molecule has 0 spiro atoms. The quantitative estimate of drug-likeness (QED) is 0.624. The third-order valence-corrected chi connectivity index (χ3v) is 4.05. The van der Waals surface area contributed by atoms with Crippen LogP contribution in [0.25, 0.3) is 0 Å². The number of nitrogens with one attached hydrogen (secondary N) is 2. The van der Waals surface area contributed by atoms with Crippen molar-refractivity contribution in [2.24, 2.45) is 0 Å². The lowest BCUT2D eigenvalue weighted by Gasteiger charge is -2.12. The lowest BCUT2D eigenvalue weighted by molar-refractivity contribution is 0.415. The minimum atomic E-state index is 0.519. The number of anilines is 4. The summed E-state index contributed by atoms with van der Waals surface area (Å²) in [6.45, 7) is 6.26. The van der Waals surface area contributed by atoms with E-state index in [-0.39, 0.29) is 0 Å². The number of ether oxygens (including phenoxy) is 1. The SMILES string of the molecule is COc1ccc(Nc2cc(Nc3ccc(C(C)C)cc3)nc(C)n2)cc1. The molecule has 5 nitrogen and oxygen atoms in total. The topological polar surface area (TPSA) is 59.1 Å². The largest absolute Gasteiger partial charge is 0.497 e. The van der Waals surface area contributed by atoms with E-state index in [0.717, 1.165) is 28.8 Å². The second-order valence-electron chi connectivity index (χ2n) is 6.44. The summed E-state index contributed by atoms with van der Waals surface area (Å²) >= 11 is 0. The number of nitrogens with zero attached hydrogens (tertiary/aromatic N) is 2. The van der Waals surface area contributed by atoms with Crippen LogP contribution < -0.4 is 15.4 Å². The fourth-order valence-electron chi connectivity index (χ4n) is 2.62. The van der Waals surface area contributed by atoms with E-state index in [1.807, 2.05) is 37.3 Å². The van der Waals surface area contributed by atoms with Crippen LogP contribution in [0.15, 0.2) is 54.6 Å². The Morgan fingerprint density at radius 1 is 0.808 bits per heavy atom. The number of methoxy groups -OCH3 is 1. The Bertz CT molecular complexity index is 858. The van der Waals surface area contributed by atoms with Gasteiger partial charge in [0.2, 0.25) is 0 Å². The van der Waals surface area contributed by atoms with Crippen LogP contribution in [-0.4, -0.2) is 17.1 Å². The van der Waals surface area contributed by atoms with Crippen molar-refractivity contribution in [1.29, 1.82) is 0 Å². The first-order chi connectivity index (χ1) is 12.5. The number of aromatic nitrogens is 2. The minimum absolute atomic E-state index is 0.519. The molecule has 0 atom stereocenters. The van der Waals surface area contributed by atoms with Gasteiger partial charge in [-0.15, -0.1) is 0 Å². The van der Waals surface area contributed by atoms with Gasteiger partial charge in [0.15, 0.2) is 0 Å². The second-order valence-corrected chi connectivity index (χ2v) is 6.44. The lowest BCUT2D eigenvalue weighted by Crippen LogP contribution is -2.01. The molecule has 1 aromatic heterocycles. The Morgan fingerprint density at radius 2 is 1.31 bits per heavy atom. The van der Waals surface area contributed by atoms with Gasteiger partial charge < -0.3 is 15.4 Å². The van der Waals surface area contributed by atoms with Gasteiger partial charge in [-0.05, 0) is 54.8 Å². The van der Waals surface area contributed by atoms with E-state index in [1.54, 1.807) is 7.11 Å². The highest BCUT2D eigenvalue weighted by Crippen LogP contribution is 2.23. The van der Waals surface area contributed by atoms with Crippen molar-refractivity contribution in [3.63, 3.8) is 0 Å². The number of benzene rings is 2. The Morgan fingerprint density at radius 3 is 1.77 bits per heavy atom. The summed E-state index contributed by atoms with van der Waals surface area (Å²) < 4.78 is 5.18. The Labute approximate surface area is 154 Å². The molecule has 2 N–H and O–H groups in total. The van der Waals surface area contributed by atoms with Crippen molar-refractivity contribution in [2.45, 2.75) is 26.7 Å². The van der Waals surface area contributed by atoms with Gasteiger partial charge in [-0.1, -0.05) is 26.0 Å². The van der Waals surface area contributed by atoms with Crippen molar-refractivity contribution >= 4 is 23.0 Å². The third kappa shape index (κ3) is 4.51. The van der Waals surface area contributed by atoms with Gasteiger partial charge in [0, 0.05) is 17.4 Å². The van der Waals surface area contributed by atoms with Gasteiger partial charge in [0.1, 0.15) is 23.2 Å². The molecule has 0 bridgehead atoms. The van der Waals surface area contributed by atoms with Gasteiger partial charge in [0.05, 0.1) is 7.11 Å². The van der Waals surface area contributed by atoms with Crippen LogP contribution in [-0.2, 0) is 0 Å². The highest BCUT2D eigenvalue weighted by atomic mass is 16.5. The van der Waals surface area contributed by atoms with Crippen LogP contribution in [0.3, 0.4) is 0 Å². The Kier molecular flexibility index (Phi) is 5.37. The monoisotopic (exact) mass is 348 g/mol. The third-order valence-electron chi connectivity index (χ3n) is 4.05. The van der Waals surface area contributed by atoms with Crippen LogP contribution in [0.1, 0.15) is 31.2 Å². The molecule has 0 fully saturated rings. The zero-order chi connectivity index (χ0) is 18.5. The molecule has 0 unspecified atom stereocenters. The van der Waals surface area contributed by atoms with Crippen molar-refractivity contribution in [2.75, 3.05) is 17.7 Å². The summed E-state index contributed by atoms with van der Waals surface area (Å²) in [5, 5.41) is 6.64. The Balaban J connectivity index is 1.76. The molecule has 0 aliphatic rings. The van der Waals surface area contributed by atoms with E-state index >= 15 is 0 Å². The molecule has 5 heteroatoms. The summed E-state index contributed by atoms with van der Waals surface area (Å²) in [5.74, 6) is 3.53. The molecule has 3 aromatic rings. The maximum Gasteiger partial charge on any atom is 0.136 e. The molecule has 0 aliphatic carbocycles. The predicted molar refractivity (Wildman–Crippen MR) is 107 cm³/mol. The summed E-state index contributed by atoms with van der Waals surface area (Å²) in [4.78, 5) is 8.93. The smallest absolute Gasteiger partial charge is 0.136 e. The number of hydrogen-bond donors (Lipinski definition) is 2. The van der Waals surface area contributed by atoms with E-state index in [1.165, 1.54) is 5.56 Å². The van der Waals surface area contributed by atoms with Gasteiger partial charge in [-0.3, -0.25) is 0 Å². The number of rotatable bonds is 6. The van der Waals surface area contributed by atoms with Crippen molar-refractivity contribution < 1.29 is 4.74 Å². The average molecular weight is 348 g/mol. The van der Waals surface area contributed by atoms with Crippen molar-refractivity contribution in [1.82, 2.24) is 9.97 Å². The number of aryl methyl sites for hydroxylation is 1. The van der Waals surface area contributed by atoms with Crippen LogP contribution in [0.2, 0.25) is 0 Å². The van der Waals surface area contributed by atoms with E-state index in [0.29, 0.717) is 11.7 Å². The maximum atomic E-state index is 5.18. The zero-order valence-corrected chi connectivity index (χ0v) is 15.6. The van der Waals surface area contributed by atoms with Crippen LogP contribution in [0.5, 0.6) is 5.75 Å². The van der Waals surface area contributed by atoms with Gasteiger partial charge in [-0.25, -0.2) is 9.97 Å². The summed E-state index contributed by atoms with van der Waals surface area (Å²) in [5.41, 5.74) is 3.26. The van der Waals surface area contributed by atoms with Gasteiger partial charge in [0.25, 0.3) is 0 Å². The highest BCUT2D eigenvalue weighted by Gasteiger charge is 2.05. The molecule has 0 saturated heterocycles. The molecular weight excluding hydrogens is 324 g/mol. The van der Waals surface area contributed by atoms with Crippen LogP contribution in [0, 0.1) is 6.92 Å².